The van der Waals surface area contributed by atoms with Crippen molar-refractivity contribution in [3.63, 3.8) is 0 Å². The van der Waals surface area contributed by atoms with Gasteiger partial charge in [-0.3, -0.25) is 10.1 Å². The van der Waals surface area contributed by atoms with E-state index in [-0.39, 0.29) is 11.4 Å². The van der Waals surface area contributed by atoms with E-state index >= 15 is 0 Å². The Bertz CT molecular complexity index is 566. The van der Waals surface area contributed by atoms with E-state index in [1.54, 1.807) is 6.07 Å². The fraction of sp³-hybridized carbons (Fsp3) is 0.417. The van der Waals surface area contributed by atoms with E-state index in [0.717, 1.165) is 5.06 Å². The largest absolute Gasteiger partial charge is 0.497 e. The van der Waals surface area contributed by atoms with Gasteiger partial charge in [-0.25, -0.2) is 4.84 Å². The predicted octanol–water partition coefficient (Wildman–Crippen LogP) is 1.59. The summed E-state index contributed by atoms with van der Waals surface area (Å²) in [5.41, 5.74) is 0.241. The lowest BCUT2D eigenvalue weighted by Crippen LogP contribution is -2.52. The summed E-state index contributed by atoms with van der Waals surface area (Å²) in [4.78, 5) is 17.4. The number of carbonyl (C=O) groups excluding carboxylic acids is 1. The summed E-state index contributed by atoms with van der Waals surface area (Å²) in [6.07, 6.45) is -2.88. The molecule has 22 heavy (non-hydrogen) atoms. The van der Waals surface area contributed by atoms with Gasteiger partial charge >= 0.3 is 5.91 Å². The number of hydroxylamine groups is 1. The molecule has 1 aliphatic rings. The highest BCUT2D eigenvalue weighted by Gasteiger charge is 2.41. The first kappa shape index (κ1) is 17.4. The molecule has 2 N–H and O–H groups in total. The van der Waals surface area contributed by atoms with Crippen molar-refractivity contribution in [2.75, 3.05) is 19.2 Å². The van der Waals surface area contributed by atoms with Crippen molar-refractivity contribution in [3.8, 4) is 11.5 Å². The number of rotatable bonds is 4. The third-order valence-corrected chi connectivity index (χ3v) is 3.40. The molecule has 2 atom stereocenters. The van der Waals surface area contributed by atoms with Gasteiger partial charge in [0.2, 0.25) is 3.79 Å². The monoisotopic (exact) mass is 370 g/mol. The van der Waals surface area contributed by atoms with Crippen LogP contribution >= 0.6 is 34.8 Å². The number of aliphatic hydroxyl groups excluding tert-OH is 1. The molecule has 1 aromatic rings. The molecule has 1 aliphatic heterocycles. The van der Waals surface area contributed by atoms with E-state index in [9.17, 15) is 9.90 Å². The second-order valence-corrected chi connectivity index (χ2v) is 6.62. The summed E-state index contributed by atoms with van der Waals surface area (Å²) >= 11 is 17.3. The van der Waals surface area contributed by atoms with Crippen LogP contribution in [0.25, 0.3) is 0 Å². The molecule has 1 heterocycles. The van der Waals surface area contributed by atoms with Gasteiger partial charge in [0, 0.05) is 6.07 Å². The number of anilines is 1. The number of hydrogen-bond acceptors (Lipinski definition) is 6. The molecule has 0 saturated heterocycles. The molecule has 1 aromatic carbocycles. The third kappa shape index (κ3) is 3.51. The van der Waals surface area contributed by atoms with Crippen LogP contribution in [0.5, 0.6) is 11.5 Å². The van der Waals surface area contributed by atoms with Gasteiger partial charge in [0.1, 0.15) is 11.4 Å². The van der Waals surface area contributed by atoms with Crippen LogP contribution in [0, 0.1) is 0 Å². The predicted molar refractivity (Wildman–Crippen MR) is 81.3 cm³/mol. The summed E-state index contributed by atoms with van der Waals surface area (Å²) in [5, 5.41) is 13.1. The average molecular weight is 372 g/mol. The molecule has 0 unspecified atom stereocenters. The molecule has 122 valence electrons. The maximum atomic E-state index is 12.1. The Hall–Kier alpha value is -0.960. The van der Waals surface area contributed by atoms with Crippen molar-refractivity contribution in [2.24, 2.45) is 0 Å². The van der Waals surface area contributed by atoms with E-state index in [1.165, 1.54) is 26.3 Å². The number of carbonyl (C=O) groups is 1. The minimum absolute atomic E-state index is 0.186. The normalized spacial score (nSPS) is 19.5. The Balaban J connectivity index is 2.36. The van der Waals surface area contributed by atoms with Gasteiger partial charge in [-0.1, -0.05) is 34.8 Å². The van der Waals surface area contributed by atoms with Crippen molar-refractivity contribution in [1.29, 1.82) is 0 Å². The molecule has 1 amide bonds. The first-order valence-corrected chi connectivity index (χ1v) is 7.18. The number of nitrogens with zero attached hydrogens (tertiary/aromatic N) is 1. The number of amides is 1. The van der Waals surface area contributed by atoms with Crippen LogP contribution in [0.15, 0.2) is 18.2 Å². The fourth-order valence-corrected chi connectivity index (χ4v) is 2.21. The Morgan fingerprint density at radius 3 is 2.68 bits per heavy atom. The zero-order valence-electron chi connectivity index (χ0n) is 11.5. The maximum Gasteiger partial charge on any atom is 0.320 e. The number of halogens is 3. The van der Waals surface area contributed by atoms with Gasteiger partial charge in [-0.15, -0.1) is 0 Å². The highest BCUT2D eigenvalue weighted by molar-refractivity contribution is 6.68. The lowest BCUT2D eigenvalue weighted by atomic mass is 10.2. The first-order valence-electron chi connectivity index (χ1n) is 6.05. The van der Waals surface area contributed by atoms with Gasteiger partial charge < -0.3 is 14.6 Å². The van der Waals surface area contributed by atoms with Gasteiger partial charge in [0.25, 0.3) is 6.29 Å². The van der Waals surface area contributed by atoms with E-state index in [2.05, 4.69) is 5.32 Å². The number of fused-ring (bicyclic) bond motifs is 1. The SMILES string of the molecule is CN[C@@H](ON1C(=O)[C@@H](O)Oc2cc(OC)ccc21)C(Cl)(Cl)Cl. The third-order valence-electron chi connectivity index (χ3n) is 2.81. The number of benzene rings is 1. The molecule has 2 rings (SSSR count). The van der Waals surface area contributed by atoms with Crippen molar-refractivity contribution in [3.05, 3.63) is 18.2 Å². The van der Waals surface area contributed by atoms with Gasteiger partial charge in [-0.05, 0) is 19.2 Å². The minimum Gasteiger partial charge on any atom is -0.497 e. The quantitative estimate of drug-likeness (QED) is 0.618. The van der Waals surface area contributed by atoms with E-state index in [0.29, 0.717) is 5.75 Å². The molecule has 0 aliphatic carbocycles. The summed E-state index contributed by atoms with van der Waals surface area (Å²) < 4.78 is 8.31. The summed E-state index contributed by atoms with van der Waals surface area (Å²) in [6, 6.07) is 4.60. The molecule has 0 bridgehead atoms. The number of alkyl halides is 3. The smallest absolute Gasteiger partial charge is 0.320 e. The van der Waals surface area contributed by atoms with E-state index in [4.69, 9.17) is 49.1 Å². The number of nitrogens with one attached hydrogen (secondary N) is 1. The molecule has 0 fully saturated rings. The Kier molecular flexibility index (Phi) is 5.26. The van der Waals surface area contributed by atoms with Crippen LogP contribution in [-0.2, 0) is 9.63 Å². The molecule has 0 radical (unpaired) electrons. The topological polar surface area (TPSA) is 80.3 Å². The highest BCUT2D eigenvalue weighted by Crippen LogP contribution is 2.39. The minimum atomic E-state index is -1.84. The van der Waals surface area contributed by atoms with Gasteiger partial charge in [0.05, 0.1) is 7.11 Å². The van der Waals surface area contributed by atoms with Crippen molar-refractivity contribution in [2.45, 2.75) is 16.3 Å². The van der Waals surface area contributed by atoms with Crippen LogP contribution in [0.1, 0.15) is 0 Å². The Morgan fingerprint density at radius 2 is 2.14 bits per heavy atom. The van der Waals surface area contributed by atoms with E-state index < -0.39 is 22.2 Å². The number of methoxy groups -OCH3 is 1. The molecule has 0 spiro atoms. The number of hydrogen-bond donors (Lipinski definition) is 2. The molecule has 0 aromatic heterocycles. The fourth-order valence-electron chi connectivity index (χ4n) is 1.76. The summed E-state index contributed by atoms with van der Waals surface area (Å²) in [5.74, 6) is -0.190. The van der Waals surface area contributed by atoms with E-state index in [1.807, 2.05) is 0 Å². The zero-order valence-corrected chi connectivity index (χ0v) is 13.8. The lowest BCUT2D eigenvalue weighted by molar-refractivity contribution is -0.154. The Morgan fingerprint density at radius 1 is 1.45 bits per heavy atom. The van der Waals surface area contributed by atoms with Crippen molar-refractivity contribution in [1.82, 2.24) is 5.32 Å². The second kappa shape index (κ2) is 6.66. The average Bonchev–Trinajstić information content (AvgIpc) is 2.46. The van der Waals surface area contributed by atoms with Crippen LogP contribution in [-0.4, -0.2) is 41.5 Å². The molecular weight excluding hydrogens is 358 g/mol. The summed E-state index contributed by atoms with van der Waals surface area (Å²) in [6.45, 7) is 0. The first-order chi connectivity index (χ1) is 10.3. The maximum absolute atomic E-state index is 12.1. The number of aliphatic hydroxyl groups is 1. The Labute approximate surface area is 141 Å². The molecule has 7 nitrogen and oxygen atoms in total. The molecule has 10 heteroatoms. The second-order valence-electron chi connectivity index (χ2n) is 4.25. The molecule has 0 saturated carbocycles. The zero-order chi connectivity index (χ0) is 16.5. The highest BCUT2D eigenvalue weighted by atomic mass is 35.6. The lowest BCUT2D eigenvalue weighted by Gasteiger charge is -2.35. The van der Waals surface area contributed by atoms with Crippen LogP contribution < -0.4 is 19.9 Å². The van der Waals surface area contributed by atoms with Crippen LogP contribution in [0.4, 0.5) is 5.69 Å². The van der Waals surface area contributed by atoms with Crippen molar-refractivity contribution < 1.29 is 24.2 Å². The van der Waals surface area contributed by atoms with Gasteiger partial charge in [0.15, 0.2) is 12.0 Å². The number of ether oxygens (including phenoxy) is 2. The van der Waals surface area contributed by atoms with Crippen LogP contribution in [0.3, 0.4) is 0 Å². The standard InChI is InChI=1S/C12H13Cl3N2O5/c1-16-11(12(13,14)15)22-17-7-4-3-6(20-2)5-8(7)21-10(19)9(17)18/h3-5,10-11,16,19H,1-2H3/t10-,11-/m0/s1. The molecular formula is C12H13Cl3N2O5. The van der Waals surface area contributed by atoms with Gasteiger partial charge in [-0.2, -0.15) is 5.06 Å². The van der Waals surface area contributed by atoms with Crippen molar-refractivity contribution >= 4 is 46.4 Å². The van der Waals surface area contributed by atoms with Crippen LogP contribution in [0.2, 0.25) is 0 Å². The summed E-state index contributed by atoms with van der Waals surface area (Å²) in [7, 11) is 2.96.